The molecule has 0 heterocycles. The van der Waals surface area contributed by atoms with Gasteiger partial charge in [0.2, 0.25) is 0 Å². The number of nitro benzene ring substituents is 1. The SMILES string of the molecule is CC(C)(NC(=O)c1cc(C(F)(F)F)cc([N+](=O)[O-])c1N)C(=O)O. The molecule has 8 nitrogen and oxygen atoms in total. The number of carboxylic acids is 1. The van der Waals surface area contributed by atoms with Crippen LogP contribution in [0.5, 0.6) is 0 Å². The van der Waals surface area contributed by atoms with Gasteiger partial charge in [-0.05, 0) is 19.9 Å². The molecule has 0 aliphatic rings. The molecule has 0 fully saturated rings. The quantitative estimate of drug-likeness (QED) is 0.436. The molecule has 1 rings (SSSR count). The highest BCUT2D eigenvalue weighted by molar-refractivity contribution is 6.03. The standard InChI is InChI=1S/C12H12F3N3O5/c1-11(2,10(20)21)17-9(19)6-3-5(12(13,14)15)4-7(8(6)16)18(22)23/h3-4H,16H2,1-2H3,(H,17,19)(H,20,21). The number of hydrogen-bond donors (Lipinski definition) is 3. The Morgan fingerprint density at radius 3 is 2.22 bits per heavy atom. The van der Waals surface area contributed by atoms with Gasteiger partial charge in [0, 0.05) is 6.07 Å². The van der Waals surface area contributed by atoms with E-state index in [0.29, 0.717) is 6.07 Å². The van der Waals surface area contributed by atoms with E-state index in [0.717, 1.165) is 13.8 Å². The van der Waals surface area contributed by atoms with Gasteiger partial charge in [-0.2, -0.15) is 13.2 Å². The average molecular weight is 335 g/mol. The summed E-state index contributed by atoms with van der Waals surface area (Å²) < 4.78 is 38.3. The number of nitrogen functional groups attached to an aromatic ring is 1. The van der Waals surface area contributed by atoms with Crippen LogP contribution in [0.3, 0.4) is 0 Å². The van der Waals surface area contributed by atoms with Gasteiger partial charge in [-0.3, -0.25) is 14.9 Å². The highest BCUT2D eigenvalue weighted by atomic mass is 19.4. The Hall–Kier alpha value is -2.85. The summed E-state index contributed by atoms with van der Waals surface area (Å²) in [6, 6.07) is 0.532. The number of aliphatic carboxylic acids is 1. The summed E-state index contributed by atoms with van der Waals surface area (Å²) in [6.07, 6.45) is -4.95. The minimum atomic E-state index is -4.95. The zero-order chi connectivity index (χ0) is 18.2. The van der Waals surface area contributed by atoms with E-state index < -0.39 is 51.0 Å². The second-order valence-electron chi connectivity index (χ2n) is 5.10. The van der Waals surface area contributed by atoms with Crippen LogP contribution in [0.2, 0.25) is 0 Å². The Morgan fingerprint density at radius 2 is 1.83 bits per heavy atom. The van der Waals surface area contributed by atoms with Crippen LogP contribution in [-0.2, 0) is 11.0 Å². The normalized spacial score (nSPS) is 11.9. The lowest BCUT2D eigenvalue weighted by atomic mass is 10.0. The zero-order valence-corrected chi connectivity index (χ0v) is 11.9. The third-order valence-electron chi connectivity index (χ3n) is 2.89. The van der Waals surface area contributed by atoms with E-state index in [1.807, 2.05) is 5.32 Å². The molecule has 126 valence electrons. The van der Waals surface area contributed by atoms with Crippen molar-refractivity contribution in [2.75, 3.05) is 5.73 Å². The van der Waals surface area contributed by atoms with Crippen LogP contribution in [0.1, 0.15) is 29.8 Å². The summed E-state index contributed by atoms with van der Waals surface area (Å²) in [5, 5.41) is 21.6. The molecule has 0 atom stereocenters. The van der Waals surface area contributed by atoms with Crippen molar-refractivity contribution < 1.29 is 32.8 Å². The van der Waals surface area contributed by atoms with Crippen LogP contribution < -0.4 is 11.1 Å². The van der Waals surface area contributed by atoms with Crippen molar-refractivity contribution in [2.24, 2.45) is 0 Å². The summed E-state index contributed by atoms with van der Waals surface area (Å²) in [5.41, 5.74) is -0.607. The number of benzene rings is 1. The maximum Gasteiger partial charge on any atom is 0.416 e. The number of amides is 1. The lowest BCUT2D eigenvalue weighted by Gasteiger charge is -2.21. The molecule has 1 aromatic rings. The predicted octanol–water partition coefficient (Wildman–Crippen LogP) is 1.79. The number of carboxylic acid groups (broad SMARTS) is 1. The molecule has 0 aliphatic heterocycles. The van der Waals surface area contributed by atoms with Gasteiger partial charge in [0.15, 0.2) is 0 Å². The zero-order valence-electron chi connectivity index (χ0n) is 11.9. The molecule has 0 bridgehead atoms. The molecule has 11 heteroatoms. The summed E-state index contributed by atoms with van der Waals surface area (Å²) in [5.74, 6) is -2.73. The molecule has 23 heavy (non-hydrogen) atoms. The number of hydrogen-bond acceptors (Lipinski definition) is 5. The van der Waals surface area contributed by atoms with Crippen LogP contribution in [0.15, 0.2) is 12.1 Å². The highest BCUT2D eigenvalue weighted by Gasteiger charge is 2.36. The number of nitrogens with zero attached hydrogens (tertiary/aromatic N) is 1. The van der Waals surface area contributed by atoms with E-state index in [2.05, 4.69) is 0 Å². The van der Waals surface area contributed by atoms with Crippen molar-refractivity contribution in [3.63, 3.8) is 0 Å². The number of halogens is 3. The predicted molar refractivity (Wildman–Crippen MR) is 71.7 cm³/mol. The molecule has 0 spiro atoms. The molecule has 0 radical (unpaired) electrons. The van der Waals surface area contributed by atoms with Crippen molar-refractivity contribution in [1.82, 2.24) is 5.32 Å². The number of anilines is 1. The number of carbonyl (C=O) groups excluding carboxylic acids is 1. The van der Waals surface area contributed by atoms with Gasteiger partial charge in [-0.1, -0.05) is 0 Å². The van der Waals surface area contributed by atoms with Crippen molar-refractivity contribution in [3.05, 3.63) is 33.4 Å². The van der Waals surface area contributed by atoms with Crippen LogP contribution in [-0.4, -0.2) is 27.4 Å². The fourth-order valence-electron chi connectivity index (χ4n) is 1.55. The maximum atomic E-state index is 12.8. The third kappa shape index (κ3) is 3.87. The minimum Gasteiger partial charge on any atom is -0.480 e. The maximum absolute atomic E-state index is 12.8. The van der Waals surface area contributed by atoms with Crippen LogP contribution >= 0.6 is 0 Å². The van der Waals surface area contributed by atoms with Gasteiger partial charge in [-0.15, -0.1) is 0 Å². The van der Waals surface area contributed by atoms with Crippen molar-refractivity contribution in [1.29, 1.82) is 0 Å². The van der Waals surface area contributed by atoms with Crippen molar-refractivity contribution in [3.8, 4) is 0 Å². The summed E-state index contributed by atoms with van der Waals surface area (Å²) in [6.45, 7) is 2.18. The highest BCUT2D eigenvalue weighted by Crippen LogP contribution is 2.36. The number of alkyl halides is 3. The van der Waals surface area contributed by atoms with E-state index >= 15 is 0 Å². The van der Waals surface area contributed by atoms with E-state index in [4.69, 9.17) is 10.8 Å². The number of carbonyl (C=O) groups is 2. The summed E-state index contributed by atoms with van der Waals surface area (Å²) in [4.78, 5) is 32.6. The van der Waals surface area contributed by atoms with Crippen molar-refractivity contribution >= 4 is 23.3 Å². The Labute approximate surface area is 127 Å². The molecule has 0 unspecified atom stereocenters. The molecule has 0 saturated heterocycles. The Morgan fingerprint density at radius 1 is 1.30 bits per heavy atom. The van der Waals surface area contributed by atoms with E-state index in [-0.39, 0.29) is 6.07 Å². The second kappa shape index (κ2) is 5.74. The molecule has 1 amide bonds. The van der Waals surface area contributed by atoms with Crippen LogP contribution in [0.4, 0.5) is 24.5 Å². The van der Waals surface area contributed by atoms with Crippen molar-refractivity contribution in [2.45, 2.75) is 25.6 Å². The molecule has 0 saturated carbocycles. The molecular weight excluding hydrogens is 323 g/mol. The monoisotopic (exact) mass is 335 g/mol. The summed E-state index contributed by atoms with van der Waals surface area (Å²) in [7, 11) is 0. The smallest absolute Gasteiger partial charge is 0.416 e. The fraction of sp³-hybridized carbons (Fsp3) is 0.333. The van der Waals surface area contributed by atoms with Gasteiger partial charge in [0.05, 0.1) is 16.1 Å². The topological polar surface area (TPSA) is 136 Å². The third-order valence-corrected chi connectivity index (χ3v) is 2.89. The van der Waals surface area contributed by atoms with Gasteiger partial charge in [0.25, 0.3) is 11.6 Å². The first-order valence-electron chi connectivity index (χ1n) is 5.98. The first-order valence-corrected chi connectivity index (χ1v) is 5.98. The minimum absolute atomic E-state index is 0.203. The molecule has 4 N–H and O–H groups in total. The van der Waals surface area contributed by atoms with Gasteiger partial charge in [-0.25, -0.2) is 4.79 Å². The lowest BCUT2D eigenvalue weighted by molar-refractivity contribution is -0.384. The number of nitro groups is 1. The first-order chi connectivity index (χ1) is 10.3. The second-order valence-corrected chi connectivity index (χ2v) is 5.10. The molecule has 0 aromatic heterocycles. The Balaban J connectivity index is 3.46. The van der Waals surface area contributed by atoms with Gasteiger partial charge >= 0.3 is 12.1 Å². The number of nitrogens with two attached hydrogens (primary N) is 1. The molecular formula is C12H12F3N3O5. The van der Waals surface area contributed by atoms with Crippen LogP contribution in [0.25, 0.3) is 0 Å². The van der Waals surface area contributed by atoms with Gasteiger partial charge < -0.3 is 16.2 Å². The van der Waals surface area contributed by atoms with E-state index in [1.54, 1.807) is 0 Å². The van der Waals surface area contributed by atoms with Gasteiger partial charge in [0.1, 0.15) is 11.2 Å². The lowest BCUT2D eigenvalue weighted by Crippen LogP contribution is -2.49. The Bertz CT molecular complexity index is 685. The molecule has 1 aromatic carbocycles. The average Bonchev–Trinajstić information content (AvgIpc) is 2.36. The molecule has 0 aliphatic carbocycles. The van der Waals surface area contributed by atoms with Crippen LogP contribution in [0, 0.1) is 10.1 Å². The number of rotatable bonds is 4. The first kappa shape index (κ1) is 18.2. The number of nitrogens with one attached hydrogen (secondary N) is 1. The van der Waals surface area contributed by atoms with E-state index in [1.165, 1.54) is 0 Å². The van der Waals surface area contributed by atoms with E-state index in [9.17, 15) is 32.9 Å². The fourth-order valence-corrected chi connectivity index (χ4v) is 1.55. The largest absolute Gasteiger partial charge is 0.480 e. The summed E-state index contributed by atoms with van der Waals surface area (Å²) >= 11 is 0. The Kier molecular flexibility index (Phi) is 4.54.